The van der Waals surface area contributed by atoms with E-state index < -0.39 is 0 Å². The Kier molecular flexibility index (Phi) is 3.50. The molecule has 0 bridgehead atoms. The van der Waals surface area contributed by atoms with Gasteiger partial charge in [-0.25, -0.2) is 4.98 Å². The average molecular weight is 248 g/mol. The molecular weight excluding hydrogens is 228 g/mol. The van der Waals surface area contributed by atoms with E-state index in [0.29, 0.717) is 6.54 Å². The van der Waals surface area contributed by atoms with E-state index in [1.807, 2.05) is 0 Å². The molecule has 3 heteroatoms. The Labute approximate surface area is 107 Å². The Morgan fingerprint density at radius 3 is 2.59 bits per heavy atom. The number of nitrogens with two attached hydrogens (primary N) is 1. The number of benzene rings is 1. The lowest BCUT2D eigenvalue weighted by molar-refractivity contribution is 0.405. The SMILES string of the molecule is CCC(CC)(CN)c1nc2ccc(C)cc2s1. The Bertz CT molecular complexity index is 504. The smallest absolute Gasteiger partial charge is 0.101 e. The molecule has 92 valence electrons. The lowest BCUT2D eigenvalue weighted by Gasteiger charge is -2.27. The molecule has 0 atom stereocenters. The van der Waals surface area contributed by atoms with Crippen molar-refractivity contribution in [2.45, 2.75) is 39.0 Å². The first-order valence-electron chi connectivity index (χ1n) is 6.23. The van der Waals surface area contributed by atoms with Crippen molar-refractivity contribution in [2.24, 2.45) is 5.73 Å². The van der Waals surface area contributed by atoms with Gasteiger partial charge in [0.2, 0.25) is 0 Å². The molecule has 0 amide bonds. The highest BCUT2D eigenvalue weighted by Gasteiger charge is 2.30. The molecule has 0 fully saturated rings. The fourth-order valence-corrected chi connectivity index (χ4v) is 3.59. The van der Waals surface area contributed by atoms with Gasteiger partial charge in [0, 0.05) is 12.0 Å². The highest BCUT2D eigenvalue weighted by molar-refractivity contribution is 7.18. The molecule has 0 aliphatic carbocycles. The molecule has 2 N–H and O–H groups in total. The quantitative estimate of drug-likeness (QED) is 0.897. The van der Waals surface area contributed by atoms with Crippen molar-refractivity contribution in [1.82, 2.24) is 4.98 Å². The van der Waals surface area contributed by atoms with Crippen molar-refractivity contribution < 1.29 is 0 Å². The zero-order chi connectivity index (χ0) is 12.5. The molecule has 1 heterocycles. The summed E-state index contributed by atoms with van der Waals surface area (Å²) in [6.07, 6.45) is 2.11. The Morgan fingerprint density at radius 2 is 2.00 bits per heavy atom. The highest BCUT2D eigenvalue weighted by Crippen LogP contribution is 2.36. The number of hydrogen-bond donors (Lipinski definition) is 1. The third-order valence-corrected chi connectivity index (χ3v) is 5.01. The molecule has 0 aliphatic rings. The van der Waals surface area contributed by atoms with Crippen LogP contribution in [0.1, 0.15) is 37.3 Å². The molecule has 0 saturated heterocycles. The first kappa shape index (κ1) is 12.5. The first-order valence-corrected chi connectivity index (χ1v) is 7.04. The minimum Gasteiger partial charge on any atom is -0.329 e. The van der Waals surface area contributed by atoms with Crippen molar-refractivity contribution >= 4 is 21.6 Å². The summed E-state index contributed by atoms with van der Waals surface area (Å²) in [5.41, 5.74) is 8.44. The molecule has 0 unspecified atom stereocenters. The van der Waals surface area contributed by atoms with Crippen molar-refractivity contribution in [2.75, 3.05) is 6.54 Å². The van der Waals surface area contributed by atoms with Gasteiger partial charge in [-0.2, -0.15) is 0 Å². The maximum atomic E-state index is 5.98. The number of hydrogen-bond acceptors (Lipinski definition) is 3. The van der Waals surface area contributed by atoms with E-state index in [1.54, 1.807) is 11.3 Å². The predicted octanol–water partition coefficient (Wildman–Crippen LogP) is 3.62. The van der Waals surface area contributed by atoms with Gasteiger partial charge < -0.3 is 5.73 Å². The second kappa shape index (κ2) is 4.75. The summed E-state index contributed by atoms with van der Waals surface area (Å²) in [6, 6.07) is 6.44. The molecule has 0 spiro atoms. The molecule has 1 aromatic carbocycles. The van der Waals surface area contributed by atoms with Crippen LogP contribution in [0.5, 0.6) is 0 Å². The summed E-state index contributed by atoms with van der Waals surface area (Å²) < 4.78 is 1.28. The Balaban J connectivity index is 2.55. The van der Waals surface area contributed by atoms with Crippen molar-refractivity contribution in [1.29, 1.82) is 0 Å². The van der Waals surface area contributed by atoms with Crippen LogP contribution in [-0.4, -0.2) is 11.5 Å². The fourth-order valence-electron chi connectivity index (χ4n) is 2.19. The van der Waals surface area contributed by atoms with Gasteiger partial charge in [-0.3, -0.25) is 0 Å². The summed E-state index contributed by atoms with van der Waals surface area (Å²) >= 11 is 1.80. The average Bonchev–Trinajstić information content (AvgIpc) is 2.75. The molecule has 2 nitrogen and oxygen atoms in total. The number of fused-ring (bicyclic) bond motifs is 1. The van der Waals surface area contributed by atoms with Gasteiger partial charge in [-0.1, -0.05) is 19.9 Å². The van der Waals surface area contributed by atoms with E-state index in [0.717, 1.165) is 18.4 Å². The molecule has 0 aliphatic heterocycles. The van der Waals surface area contributed by atoms with Crippen LogP contribution < -0.4 is 5.73 Å². The third-order valence-electron chi connectivity index (χ3n) is 3.74. The molecule has 1 aromatic heterocycles. The number of aromatic nitrogens is 1. The third kappa shape index (κ3) is 2.09. The molecular formula is C14H20N2S. The molecule has 0 saturated carbocycles. The van der Waals surface area contributed by atoms with E-state index in [4.69, 9.17) is 10.7 Å². The van der Waals surface area contributed by atoms with E-state index in [-0.39, 0.29) is 5.41 Å². The van der Waals surface area contributed by atoms with E-state index in [2.05, 4.69) is 39.0 Å². The van der Waals surface area contributed by atoms with Gasteiger partial charge >= 0.3 is 0 Å². The van der Waals surface area contributed by atoms with Gasteiger partial charge in [0.05, 0.1) is 10.2 Å². The van der Waals surface area contributed by atoms with Crippen LogP contribution in [0.25, 0.3) is 10.2 Å². The maximum Gasteiger partial charge on any atom is 0.101 e. The van der Waals surface area contributed by atoms with E-state index >= 15 is 0 Å². The lowest BCUT2D eigenvalue weighted by atomic mass is 9.83. The monoisotopic (exact) mass is 248 g/mol. The van der Waals surface area contributed by atoms with Crippen LogP contribution in [0.4, 0.5) is 0 Å². The largest absolute Gasteiger partial charge is 0.329 e. The van der Waals surface area contributed by atoms with Gasteiger partial charge in [0.15, 0.2) is 0 Å². The minimum atomic E-state index is 0.0671. The van der Waals surface area contributed by atoms with Crippen LogP contribution in [0, 0.1) is 6.92 Å². The number of rotatable bonds is 4. The van der Waals surface area contributed by atoms with Crippen LogP contribution in [0.3, 0.4) is 0 Å². The van der Waals surface area contributed by atoms with Crippen molar-refractivity contribution in [3.05, 3.63) is 28.8 Å². The van der Waals surface area contributed by atoms with Gasteiger partial charge in [0.1, 0.15) is 5.01 Å². The molecule has 17 heavy (non-hydrogen) atoms. The second-order valence-electron chi connectivity index (χ2n) is 4.68. The normalized spacial score (nSPS) is 12.2. The fraction of sp³-hybridized carbons (Fsp3) is 0.500. The van der Waals surface area contributed by atoms with Crippen LogP contribution in [0.15, 0.2) is 18.2 Å². The zero-order valence-electron chi connectivity index (χ0n) is 10.8. The highest BCUT2D eigenvalue weighted by atomic mass is 32.1. The number of nitrogens with zero attached hydrogens (tertiary/aromatic N) is 1. The summed E-state index contributed by atoms with van der Waals surface area (Å²) in [5.74, 6) is 0. The predicted molar refractivity (Wildman–Crippen MR) is 75.7 cm³/mol. The summed E-state index contributed by atoms with van der Waals surface area (Å²) in [5, 5.41) is 1.20. The lowest BCUT2D eigenvalue weighted by Crippen LogP contribution is -2.33. The molecule has 0 radical (unpaired) electrons. The summed E-state index contributed by atoms with van der Waals surface area (Å²) in [4.78, 5) is 4.78. The molecule has 2 rings (SSSR count). The summed E-state index contributed by atoms with van der Waals surface area (Å²) in [6.45, 7) is 7.20. The number of aryl methyl sites for hydroxylation is 1. The number of thiazole rings is 1. The standard InChI is InChI=1S/C14H20N2S/c1-4-14(5-2,9-15)13-16-11-7-6-10(3)8-12(11)17-13/h6-8H,4-5,9,15H2,1-3H3. The van der Waals surface area contributed by atoms with Crippen LogP contribution in [0.2, 0.25) is 0 Å². The van der Waals surface area contributed by atoms with Gasteiger partial charge in [0.25, 0.3) is 0 Å². The summed E-state index contributed by atoms with van der Waals surface area (Å²) in [7, 11) is 0. The minimum absolute atomic E-state index is 0.0671. The van der Waals surface area contributed by atoms with Crippen molar-refractivity contribution in [3.8, 4) is 0 Å². The van der Waals surface area contributed by atoms with E-state index in [1.165, 1.54) is 15.3 Å². The van der Waals surface area contributed by atoms with E-state index in [9.17, 15) is 0 Å². The first-order chi connectivity index (χ1) is 8.15. The van der Waals surface area contributed by atoms with Gasteiger partial charge in [-0.15, -0.1) is 11.3 Å². The Hall–Kier alpha value is -0.930. The Morgan fingerprint density at radius 1 is 1.29 bits per heavy atom. The van der Waals surface area contributed by atoms with Crippen molar-refractivity contribution in [3.63, 3.8) is 0 Å². The van der Waals surface area contributed by atoms with Gasteiger partial charge in [-0.05, 0) is 37.5 Å². The maximum absolute atomic E-state index is 5.98. The zero-order valence-corrected chi connectivity index (χ0v) is 11.6. The topological polar surface area (TPSA) is 38.9 Å². The second-order valence-corrected chi connectivity index (χ2v) is 5.71. The molecule has 2 aromatic rings. The van der Waals surface area contributed by atoms with Crippen LogP contribution in [-0.2, 0) is 5.41 Å². The van der Waals surface area contributed by atoms with Crippen LogP contribution >= 0.6 is 11.3 Å².